The first-order chi connectivity index (χ1) is 15.0. The van der Waals surface area contributed by atoms with Gasteiger partial charge in [-0.1, -0.05) is 30.3 Å². The maximum atomic E-state index is 13.6. The molecule has 1 atom stereocenters. The Morgan fingerprint density at radius 2 is 1.81 bits per heavy atom. The Bertz CT molecular complexity index is 1220. The van der Waals surface area contributed by atoms with Gasteiger partial charge in [0.2, 0.25) is 0 Å². The highest BCUT2D eigenvalue weighted by atomic mass is 19.1. The second kappa shape index (κ2) is 7.91. The van der Waals surface area contributed by atoms with E-state index in [9.17, 15) is 4.39 Å². The molecule has 1 unspecified atom stereocenters. The molecule has 2 heterocycles. The van der Waals surface area contributed by atoms with Crippen LogP contribution >= 0.6 is 0 Å². The number of aromatic amines is 1. The largest absolute Gasteiger partial charge is 0.361 e. The van der Waals surface area contributed by atoms with Crippen molar-refractivity contribution < 1.29 is 9.13 Å². The third-order valence-corrected chi connectivity index (χ3v) is 6.21. The Kier molecular flexibility index (Phi) is 5.08. The van der Waals surface area contributed by atoms with E-state index in [-0.39, 0.29) is 5.82 Å². The first-order valence-corrected chi connectivity index (χ1v) is 10.7. The van der Waals surface area contributed by atoms with E-state index in [2.05, 4.69) is 59.3 Å². The molecule has 3 aromatic carbocycles. The van der Waals surface area contributed by atoms with E-state index in [0.717, 1.165) is 47.1 Å². The lowest BCUT2D eigenvalue weighted by Crippen LogP contribution is -2.28. The molecule has 4 aromatic rings. The summed E-state index contributed by atoms with van der Waals surface area (Å²) >= 11 is 0. The minimum absolute atomic E-state index is 0.227. The first kappa shape index (κ1) is 19.9. The Balaban J connectivity index is 1.54. The quantitative estimate of drug-likeness (QED) is 0.453. The predicted molar refractivity (Wildman–Crippen MR) is 121 cm³/mol. The van der Waals surface area contributed by atoms with Crippen LogP contribution < -0.4 is 0 Å². The van der Waals surface area contributed by atoms with Gasteiger partial charge in [0, 0.05) is 0 Å². The van der Waals surface area contributed by atoms with Gasteiger partial charge in [-0.25, -0.2) is 9.37 Å². The summed E-state index contributed by atoms with van der Waals surface area (Å²) in [6.07, 6.45) is 3.56. The molecule has 1 aliphatic heterocycles. The molecular formula is C26H26FN3O. The fraction of sp³-hybridized carbons (Fsp3) is 0.269. The van der Waals surface area contributed by atoms with Crippen LogP contribution in [-0.2, 0) is 16.9 Å². The van der Waals surface area contributed by atoms with Gasteiger partial charge < -0.3 is 14.6 Å². The number of nitrogens with one attached hydrogen (secondary N) is 1. The first-order valence-electron chi connectivity index (χ1n) is 10.7. The van der Waals surface area contributed by atoms with Crippen LogP contribution in [0.1, 0.15) is 29.5 Å². The van der Waals surface area contributed by atoms with E-state index >= 15 is 0 Å². The average Bonchev–Trinajstić information content (AvgIpc) is 3.38. The van der Waals surface area contributed by atoms with E-state index in [4.69, 9.17) is 4.74 Å². The van der Waals surface area contributed by atoms with Gasteiger partial charge in [-0.3, -0.25) is 0 Å². The van der Waals surface area contributed by atoms with Crippen molar-refractivity contribution in [3.8, 4) is 11.1 Å². The van der Waals surface area contributed by atoms with E-state index in [0.29, 0.717) is 6.61 Å². The van der Waals surface area contributed by atoms with Crippen LogP contribution in [0.5, 0.6) is 0 Å². The lowest BCUT2D eigenvalue weighted by atomic mass is 9.81. The smallest absolute Gasteiger partial charge is 0.123 e. The molecule has 5 heteroatoms. The van der Waals surface area contributed by atoms with Crippen molar-refractivity contribution in [2.75, 3.05) is 20.6 Å². The highest BCUT2D eigenvalue weighted by Crippen LogP contribution is 2.46. The number of ether oxygens (including phenoxy) is 1. The van der Waals surface area contributed by atoms with Gasteiger partial charge in [0.15, 0.2) is 0 Å². The van der Waals surface area contributed by atoms with Gasteiger partial charge in [0.25, 0.3) is 0 Å². The number of rotatable bonds is 6. The fourth-order valence-electron chi connectivity index (χ4n) is 4.63. The molecule has 1 aromatic heterocycles. The minimum atomic E-state index is -0.537. The lowest BCUT2D eigenvalue weighted by molar-refractivity contribution is -0.0140. The van der Waals surface area contributed by atoms with Gasteiger partial charge in [-0.05, 0) is 91.6 Å². The van der Waals surface area contributed by atoms with Gasteiger partial charge in [0.05, 0.1) is 24.0 Å². The van der Waals surface area contributed by atoms with Gasteiger partial charge in [-0.15, -0.1) is 0 Å². The number of aromatic nitrogens is 2. The van der Waals surface area contributed by atoms with Crippen molar-refractivity contribution in [1.29, 1.82) is 0 Å². The zero-order valence-electron chi connectivity index (χ0n) is 17.9. The maximum Gasteiger partial charge on any atom is 0.123 e. The zero-order valence-corrected chi connectivity index (χ0v) is 17.9. The van der Waals surface area contributed by atoms with Crippen LogP contribution in [0.3, 0.4) is 0 Å². The molecule has 0 fully saturated rings. The molecular weight excluding hydrogens is 389 g/mol. The summed E-state index contributed by atoms with van der Waals surface area (Å²) in [5.41, 5.74) is 7.14. The van der Waals surface area contributed by atoms with Crippen molar-refractivity contribution in [2.45, 2.75) is 25.0 Å². The molecule has 1 aliphatic rings. The van der Waals surface area contributed by atoms with Gasteiger partial charge >= 0.3 is 0 Å². The lowest BCUT2D eigenvalue weighted by Gasteiger charge is -2.31. The second-order valence-corrected chi connectivity index (χ2v) is 8.54. The van der Waals surface area contributed by atoms with Crippen LogP contribution in [0, 0.1) is 5.82 Å². The maximum absolute atomic E-state index is 13.6. The van der Waals surface area contributed by atoms with E-state index in [1.54, 1.807) is 6.33 Å². The van der Waals surface area contributed by atoms with Crippen LogP contribution in [0.15, 0.2) is 67.0 Å². The molecule has 0 saturated carbocycles. The number of benzene rings is 3. The van der Waals surface area contributed by atoms with Gasteiger partial charge in [-0.2, -0.15) is 0 Å². The normalized spacial score (nSPS) is 18.1. The van der Waals surface area contributed by atoms with Crippen LogP contribution in [0.25, 0.3) is 22.2 Å². The van der Waals surface area contributed by atoms with Crippen molar-refractivity contribution in [1.82, 2.24) is 14.9 Å². The standard InChI is InChI=1S/C26H26FN3O/c1-30(2)13-3-12-26(21-6-8-22(27)9-7-21)23-10-4-18(14-20(23)16-31-26)19-5-11-24-25(15-19)29-17-28-24/h4-11,14-15,17H,3,12-13,16H2,1-2H3,(H,28,29). The molecule has 5 rings (SSSR count). The van der Waals surface area contributed by atoms with Crippen molar-refractivity contribution in [3.05, 3.63) is 89.5 Å². The molecule has 1 N–H and O–H groups in total. The highest BCUT2D eigenvalue weighted by Gasteiger charge is 2.41. The summed E-state index contributed by atoms with van der Waals surface area (Å²) in [6, 6.07) is 19.6. The number of imidazole rings is 1. The summed E-state index contributed by atoms with van der Waals surface area (Å²) < 4.78 is 20.1. The van der Waals surface area contributed by atoms with Gasteiger partial charge in [0.1, 0.15) is 11.4 Å². The molecule has 0 spiro atoms. The van der Waals surface area contributed by atoms with Crippen LogP contribution in [-0.4, -0.2) is 35.5 Å². The SMILES string of the molecule is CN(C)CCCC1(c2ccc(F)cc2)OCc2cc(-c3ccc4nc[nH]c4c3)ccc21. The number of hydrogen-bond acceptors (Lipinski definition) is 3. The summed E-state index contributed by atoms with van der Waals surface area (Å²) in [5.74, 6) is -0.227. The third kappa shape index (κ3) is 3.64. The molecule has 0 amide bonds. The zero-order chi connectivity index (χ0) is 21.4. The molecule has 0 aliphatic carbocycles. The fourth-order valence-corrected chi connectivity index (χ4v) is 4.63. The Hall–Kier alpha value is -3.02. The average molecular weight is 416 g/mol. The molecule has 0 bridgehead atoms. The highest BCUT2D eigenvalue weighted by molar-refractivity contribution is 5.81. The van der Waals surface area contributed by atoms with Crippen LogP contribution in [0.4, 0.5) is 4.39 Å². The Morgan fingerprint density at radius 1 is 1.03 bits per heavy atom. The number of hydrogen-bond donors (Lipinski definition) is 1. The Morgan fingerprint density at radius 3 is 2.61 bits per heavy atom. The minimum Gasteiger partial charge on any atom is -0.361 e. The summed E-state index contributed by atoms with van der Waals surface area (Å²) in [4.78, 5) is 9.67. The monoisotopic (exact) mass is 415 g/mol. The topological polar surface area (TPSA) is 41.1 Å². The molecule has 31 heavy (non-hydrogen) atoms. The Labute approximate surface area is 181 Å². The molecule has 158 valence electrons. The molecule has 0 radical (unpaired) electrons. The number of nitrogens with zero attached hydrogens (tertiary/aromatic N) is 2. The number of H-pyrrole nitrogens is 1. The van der Waals surface area contributed by atoms with Crippen molar-refractivity contribution >= 4 is 11.0 Å². The summed E-state index contributed by atoms with van der Waals surface area (Å²) in [7, 11) is 4.16. The summed E-state index contributed by atoms with van der Waals surface area (Å²) in [6.45, 7) is 1.53. The number of halogens is 1. The van der Waals surface area contributed by atoms with Crippen molar-refractivity contribution in [2.24, 2.45) is 0 Å². The molecule has 4 nitrogen and oxygen atoms in total. The van der Waals surface area contributed by atoms with E-state index in [1.807, 2.05) is 18.2 Å². The second-order valence-electron chi connectivity index (χ2n) is 8.54. The van der Waals surface area contributed by atoms with Crippen LogP contribution in [0.2, 0.25) is 0 Å². The summed E-state index contributed by atoms with van der Waals surface area (Å²) in [5, 5.41) is 0. The predicted octanol–water partition coefficient (Wildman–Crippen LogP) is 5.48. The van der Waals surface area contributed by atoms with Crippen molar-refractivity contribution in [3.63, 3.8) is 0 Å². The molecule has 0 saturated heterocycles. The van der Waals surface area contributed by atoms with E-state index < -0.39 is 5.60 Å². The third-order valence-electron chi connectivity index (χ3n) is 6.21. The van der Waals surface area contributed by atoms with E-state index in [1.165, 1.54) is 23.3 Å². The number of fused-ring (bicyclic) bond motifs is 2.